The average molecular weight is 590 g/mol. The van der Waals surface area contributed by atoms with Crippen molar-refractivity contribution in [2.45, 2.75) is 13.2 Å². The summed E-state index contributed by atoms with van der Waals surface area (Å²) < 4.78 is 6.08. The van der Waals surface area contributed by atoms with Gasteiger partial charge in [0.15, 0.2) is 5.17 Å². The summed E-state index contributed by atoms with van der Waals surface area (Å²) in [5.74, 6) is -0.601. The second-order valence-electron chi connectivity index (χ2n) is 8.81. The van der Waals surface area contributed by atoms with E-state index < -0.39 is 5.97 Å². The molecule has 5 rings (SSSR count). The summed E-state index contributed by atoms with van der Waals surface area (Å²) in [7, 11) is 0. The lowest BCUT2D eigenvalue weighted by atomic mass is 10.1. The average Bonchev–Trinajstić information content (AvgIpc) is 3.24. The third-order valence-electron chi connectivity index (χ3n) is 5.99. The van der Waals surface area contributed by atoms with E-state index in [1.165, 1.54) is 23.9 Å². The van der Waals surface area contributed by atoms with Crippen LogP contribution in [0.2, 0.25) is 10.0 Å². The first-order valence-corrected chi connectivity index (χ1v) is 13.8. The van der Waals surface area contributed by atoms with E-state index in [0.717, 1.165) is 22.4 Å². The summed E-state index contributed by atoms with van der Waals surface area (Å²) in [4.78, 5) is 31.7. The molecule has 0 aliphatic carbocycles. The van der Waals surface area contributed by atoms with Crippen molar-refractivity contribution in [1.82, 2.24) is 4.90 Å². The Bertz CT molecular complexity index is 1620. The molecule has 9 heteroatoms. The number of para-hydroxylation sites is 2. The van der Waals surface area contributed by atoms with Crippen LogP contribution in [0.1, 0.15) is 27.0 Å². The summed E-state index contributed by atoms with van der Waals surface area (Å²) in [6, 6.07) is 28.7. The van der Waals surface area contributed by atoms with Crippen molar-refractivity contribution in [2.75, 3.05) is 0 Å². The van der Waals surface area contributed by atoms with Crippen LogP contribution < -0.4 is 4.74 Å². The SMILES string of the molecule is O=C(O)c1ccc(CN2C(=O)/C(=C\c3ccccc3OCc3ccc(Cl)c(Cl)c3)SC2=Nc2ccccc2)cc1. The normalized spacial score (nSPS) is 15.2. The lowest BCUT2D eigenvalue weighted by molar-refractivity contribution is -0.122. The smallest absolute Gasteiger partial charge is 0.335 e. The molecule has 1 aliphatic rings. The highest BCUT2D eigenvalue weighted by atomic mass is 35.5. The fraction of sp³-hybridized carbons (Fsp3) is 0.0645. The molecule has 0 aromatic heterocycles. The number of carboxylic acid groups (broad SMARTS) is 1. The summed E-state index contributed by atoms with van der Waals surface area (Å²) in [5, 5.41) is 10.7. The van der Waals surface area contributed by atoms with Crippen LogP contribution in [0.15, 0.2) is 107 Å². The van der Waals surface area contributed by atoms with Gasteiger partial charge in [0.25, 0.3) is 5.91 Å². The van der Waals surface area contributed by atoms with E-state index in [9.17, 15) is 14.7 Å². The van der Waals surface area contributed by atoms with Crippen LogP contribution in [0.5, 0.6) is 5.75 Å². The van der Waals surface area contributed by atoms with Crippen molar-refractivity contribution in [3.05, 3.63) is 134 Å². The largest absolute Gasteiger partial charge is 0.488 e. The molecule has 40 heavy (non-hydrogen) atoms. The number of hydrogen-bond acceptors (Lipinski definition) is 5. The Hall–Kier alpha value is -4.04. The molecule has 4 aromatic carbocycles. The molecular formula is C31H22Cl2N2O4S. The van der Waals surface area contributed by atoms with Crippen LogP contribution in [0.3, 0.4) is 0 Å². The fourth-order valence-corrected chi connectivity index (χ4v) is 5.25. The van der Waals surface area contributed by atoms with Gasteiger partial charge in [0, 0.05) is 5.56 Å². The number of carbonyl (C=O) groups is 2. The third kappa shape index (κ3) is 6.57. The zero-order valence-electron chi connectivity index (χ0n) is 21.0. The van der Waals surface area contributed by atoms with Gasteiger partial charge in [-0.05, 0) is 71.4 Å². The molecule has 1 amide bonds. The van der Waals surface area contributed by atoms with Gasteiger partial charge in [-0.15, -0.1) is 0 Å². The minimum atomic E-state index is -1.00. The number of carboxylic acids is 1. The number of aromatic carboxylic acids is 1. The van der Waals surface area contributed by atoms with E-state index in [2.05, 4.69) is 0 Å². The maximum Gasteiger partial charge on any atom is 0.335 e. The summed E-state index contributed by atoms with van der Waals surface area (Å²) in [5.41, 5.74) is 3.29. The monoisotopic (exact) mass is 588 g/mol. The predicted molar refractivity (Wildman–Crippen MR) is 160 cm³/mol. The fourth-order valence-electron chi connectivity index (χ4n) is 3.94. The molecule has 6 nitrogen and oxygen atoms in total. The molecule has 1 fully saturated rings. The van der Waals surface area contributed by atoms with Gasteiger partial charge < -0.3 is 9.84 Å². The van der Waals surface area contributed by atoms with Gasteiger partial charge in [-0.25, -0.2) is 9.79 Å². The first-order valence-electron chi connectivity index (χ1n) is 12.2. The highest BCUT2D eigenvalue weighted by Crippen LogP contribution is 2.36. The van der Waals surface area contributed by atoms with Crippen LogP contribution in [0.25, 0.3) is 6.08 Å². The molecule has 1 heterocycles. The maximum absolute atomic E-state index is 13.6. The highest BCUT2D eigenvalue weighted by molar-refractivity contribution is 8.18. The molecule has 1 aliphatic heterocycles. The Balaban J connectivity index is 1.43. The molecule has 0 bridgehead atoms. The van der Waals surface area contributed by atoms with Gasteiger partial charge in [0.1, 0.15) is 12.4 Å². The first kappa shape index (κ1) is 27.5. The predicted octanol–water partition coefficient (Wildman–Crippen LogP) is 8.07. The molecule has 0 saturated carbocycles. The van der Waals surface area contributed by atoms with Crippen LogP contribution >= 0.6 is 35.0 Å². The van der Waals surface area contributed by atoms with Gasteiger partial charge in [0.2, 0.25) is 0 Å². The van der Waals surface area contributed by atoms with E-state index in [1.807, 2.05) is 60.7 Å². The number of nitrogens with zero attached hydrogens (tertiary/aromatic N) is 2. The molecule has 1 N–H and O–H groups in total. The van der Waals surface area contributed by atoms with Crippen molar-refractivity contribution in [1.29, 1.82) is 0 Å². The van der Waals surface area contributed by atoms with Crippen LogP contribution in [-0.4, -0.2) is 27.1 Å². The van der Waals surface area contributed by atoms with E-state index in [0.29, 0.717) is 25.9 Å². The number of rotatable bonds is 8. The third-order valence-corrected chi connectivity index (χ3v) is 7.74. The first-order chi connectivity index (χ1) is 19.4. The zero-order valence-corrected chi connectivity index (χ0v) is 23.3. The zero-order chi connectivity index (χ0) is 28.1. The van der Waals surface area contributed by atoms with Crippen molar-refractivity contribution >= 4 is 63.8 Å². The van der Waals surface area contributed by atoms with Gasteiger partial charge >= 0.3 is 5.97 Å². The standard InChI is InChI=1S/C31H22Cl2N2O4S/c32-25-15-12-21(16-26(25)33)19-39-27-9-5-4-6-23(27)17-28-29(36)35(18-20-10-13-22(14-11-20)30(37)38)31(40-28)34-24-7-2-1-3-8-24/h1-17H,18-19H2,(H,37,38)/b28-17+,34-31?. The molecule has 1 saturated heterocycles. The summed E-state index contributed by atoms with van der Waals surface area (Å²) in [6.07, 6.45) is 1.80. The second-order valence-corrected chi connectivity index (χ2v) is 10.6. The van der Waals surface area contributed by atoms with E-state index >= 15 is 0 Å². The van der Waals surface area contributed by atoms with Crippen LogP contribution in [0, 0.1) is 0 Å². The summed E-state index contributed by atoms with van der Waals surface area (Å²) >= 11 is 13.4. The van der Waals surface area contributed by atoms with Gasteiger partial charge in [-0.3, -0.25) is 9.69 Å². The Morgan fingerprint density at radius 1 is 0.900 bits per heavy atom. The number of thioether (sulfide) groups is 1. The molecule has 200 valence electrons. The number of aliphatic imine (C=N–C) groups is 1. The number of amidine groups is 1. The van der Waals surface area contributed by atoms with Gasteiger partial charge in [-0.1, -0.05) is 77.8 Å². The van der Waals surface area contributed by atoms with E-state index in [1.54, 1.807) is 35.2 Å². The highest BCUT2D eigenvalue weighted by Gasteiger charge is 2.33. The maximum atomic E-state index is 13.6. The lowest BCUT2D eigenvalue weighted by Gasteiger charge is -2.16. The van der Waals surface area contributed by atoms with Crippen molar-refractivity contribution in [2.24, 2.45) is 4.99 Å². The van der Waals surface area contributed by atoms with Crippen LogP contribution in [0.4, 0.5) is 5.69 Å². The minimum Gasteiger partial charge on any atom is -0.488 e. The van der Waals surface area contributed by atoms with Crippen molar-refractivity contribution < 1.29 is 19.4 Å². The number of carbonyl (C=O) groups excluding carboxylic acids is 1. The Labute approximate surface area is 245 Å². The number of ether oxygens (including phenoxy) is 1. The van der Waals surface area contributed by atoms with Crippen molar-refractivity contribution in [3.63, 3.8) is 0 Å². The molecule has 0 radical (unpaired) electrons. The van der Waals surface area contributed by atoms with E-state index in [4.69, 9.17) is 32.9 Å². The molecule has 0 unspecified atom stereocenters. The lowest BCUT2D eigenvalue weighted by Crippen LogP contribution is -2.28. The van der Waals surface area contributed by atoms with Crippen molar-refractivity contribution in [3.8, 4) is 5.75 Å². The number of hydrogen-bond donors (Lipinski definition) is 1. The number of amides is 1. The number of benzene rings is 4. The Kier molecular flexibility index (Phi) is 8.55. The quantitative estimate of drug-likeness (QED) is 0.210. The Morgan fingerprint density at radius 3 is 2.33 bits per heavy atom. The van der Waals surface area contributed by atoms with E-state index in [-0.39, 0.29) is 24.6 Å². The second kappa shape index (κ2) is 12.4. The van der Waals surface area contributed by atoms with Crippen LogP contribution in [-0.2, 0) is 17.9 Å². The molecule has 0 spiro atoms. The van der Waals surface area contributed by atoms with Gasteiger partial charge in [0.05, 0.1) is 32.7 Å². The molecule has 4 aromatic rings. The minimum absolute atomic E-state index is 0.183. The Morgan fingerprint density at radius 2 is 1.60 bits per heavy atom. The molecular weight excluding hydrogens is 567 g/mol. The molecule has 0 atom stereocenters. The number of halogens is 2. The topological polar surface area (TPSA) is 79.2 Å². The van der Waals surface area contributed by atoms with Gasteiger partial charge in [-0.2, -0.15) is 0 Å². The summed E-state index contributed by atoms with van der Waals surface area (Å²) in [6.45, 7) is 0.515.